The summed E-state index contributed by atoms with van der Waals surface area (Å²) in [7, 11) is 6.69. The van der Waals surface area contributed by atoms with E-state index in [0.29, 0.717) is 6.61 Å². The number of fused-ring (bicyclic) bond motifs is 8. The maximum absolute atomic E-state index is 12.9. The second-order valence-electron chi connectivity index (χ2n) is 7.90. The topological polar surface area (TPSA) is 26.3 Å². The summed E-state index contributed by atoms with van der Waals surface area (Å²) < 4.78 is 5.74. The summed E-state index contributed by atoms with van der Waals surface area (Å²) in [6.07, 6.45) is 15.3. The molecule has 26 heavy (non-hydrogen) atoms. The molecule has 152 valence electrons. The predicted octanol–water partition coefficient (Wildman–Crippen LogP) is 7.01. The summed E-state index contributed by atoms with van der Waals surface area (Å²) in [4.78, 5) is 15.4. The van der Waals surface area contributed by atoms with Crippen molar-refractivity contribution in [3.05, 3.63) is 0 Å². The van der Waals surface area contributed by atoms with E-state index in [1.54, 1.807) is 0 Å². The van der Waals surface area contributed by atoms with Crippen LogP contribution < -0.4 is 0 Å². The molecule has 0 aromatic rings. The SMILES string of the molecule is CCCCCCCCCCCC12CC[S][Sn]([CH3])([S]CCOC1=O)[S]CC2. The summed E-state index contributed by atoms with van der Waals surface area (Å²) in [5.41, 5.74) is -0.170. The van der Waals surface area contributed by atoms with Gasteiger partial charge in [0, 0.05) is 0 Å². The monoisotopic (exact) mass is 526 g/mol. The predicted molar refractivity (Wildman–Crippen MR) is 123 cm³/mol. The molecule has 3 aliphatic heterocycles. The minimum atomic E-state index is -2.08. The van der Waals surface area contributed by atoms with Crippen LogP contribution in [0.3, 0.4) is 0 Å². The van der Waals surface area contributed by atoms with Crippen LogP contribution in [0.4, 0.5) is 0 Å². The maximum atomic E-state index is 12.9. The average Bonchev–Trinajstić information content (AvgIpc) is 2.61. The van der Waals surface area contributed by atoms with Crippen LogP contribution in [0, 0.1) is 5.41 Å². The van der Waals surface area contributed by atoms with E-state index in [4.69, 9.17) is 4.74 Å². The van der Waals surface area contributed by atoms with Crippen molar-refractivity contribution in [3.63, 3.8) is 0 Å². The van der Waals surface area contributed by atoms with Crippen LogP contribution in [0.5, 0.6) is 0 Å². The first-order valence-electron chi connectivity index (χ1n) is 10.7. The van der Waals surface area contributed by atoms with Crippen LogP contribution >= 0.6 is 26.8 Å². The van der Waals surface area contributed by atoms with Gasteiger partial charge in [-0.3, -0.25) is 0 Å². The van der Waals surface area contributed by atoms with E-state index in [1.807, 2.05) is 0 Å². The van der Waals surface area contributed by atoms with Gasteiger partial charge in [-0.1, -0.05) is 19.8 Å². The Morgan fingerprint density at radius 2 is 1.42 bits per heavy atom. The molecular formula is C20H38O2S3Sn. The molecule has 3 aliphatic rings. The van der Waals surface area contributed by atoms with Crippen LogP contribution in [0.15, 0.2) is 0 Å². The fourth-order valence-electron chi connectivity index (χ4n) is 3.96. The Hall–Kier alpha value is 1.32. The Bertz CT molecular complexity index is 410. The fourth-order valence-corrected chi connectivity index (χ4v) is 35.7. The number of rotatable bonds is 10. The Kier molecular flexibility index (Phi) is 11.6. The molecule has 3 fully saturated rings. The third kappa shape index (κ3) is 7.98. The minimum absolute atomic E-state index is 0.125. The van der Waals surface area contributed by atoms with Crippen LogP contribution in [0.25, 0.3) is 0 Å². The van der Waals surface area contributed by atoms with E-state index in [9.17, 15) is 4.79 Å². The summed E-state index contributed by atoms with van der Waals surface area (Å²) >= 11 is -2.08. The third-order valence-electron chi connectivity index (χ3n) is 5.76. The van der Waals surface area contributed by atoms with E-state index in [2.05, 4.69) is 38.7 Å². The molecule has 0 N–H and O–H groups in total. The van der Waals surface area contributed by atoms with Gasteiger partial charge in [0.05, 0.1) is 0 Å². The second-order valence-corrected chi connectivity index (χ2v) is 44.0. The van der Waals surface area contributed by atoms with Crippen molar-refractivity contribution in [2.45, 2.75) is 88.9 Å². The zero-order valence-corrected chi connectivity index (χ0v) is 22.2. The number of carbonyl (C=O) groups excluding carboxylic acids is 1. The van der Waals surface area contributed by atoms with Gasteiger partial charge in [-0.2, -0.15) is 0 Å². The zero-order valence-electron chi connectivity index (χ0n) is 16.9. The molecule has 0 aromatic heterocycles. The molecule has 3 heterocycles. The normalized spacial score (nSPS) is 30.0. The molecule has 0 spiro atoms. The van der Waals surface area contributed by atoms with Crippen molar-refractivity contribution < 1.29 is 9.53 Å². The van der Waals surface area contributed by atoms with Gasteiger partial charge in [0.25, 0.3) is 0 Å². The van der Waals surface area contributed by atoms with Gasteiger partial charge in [-0.15, -0.1) is 0 Å². The molecule has 0 aromatic carbocycles. The number of hydrogen-bond acceptors (Lipinski definition) is 5. The van der Waals surface area contributed by atoms with Gasteiger partial charge < -0.3 is 0 Å². The quantitative estimate of drug-likeness (QED) is 0.174. The first-order valence-corrected chi connectivity index (χ1v) is 27.0. The molecule has 0 saturated carbocycles. The van der Waals surface area contributed by atoms with Crippen molar-refractivity contribution in [2.24, 2.45) is 5.41 Å². The van der Waals surface area contributed by atoms with Gasteiger partial charge in [0.2, 0.25) is 0 Å². The van der Waals surface area contributed by atoms with Gasteiger partial charge >= 0.3 is 155 Å². The molecule has 6 heteroatoms. The van der Waals surface area contributed by atoms with Crippen molar-refractivity contribution in [1.29, 1.82) is 0 Å². The van der Waals surface area contributed by atoms with E-state index in [0.717, 1.165) is 25.0 Å². The van der Waals surface area contributed by atoms with E-state index in [-0.39, 0.29) is 11.4 Å². The Balaban J connectivity index is 1.76. The van der Waals surface area contributed by atoms with Crippen LogP contribution in [-0.2, 0) is 9.53 Å². The molecule has 0 atom stereocenters. The second kappa shape index (κ2) is 12.8. The Morgan fingerprint density at radius 3 is 2.04 bits per heavy atom. The number of carbonyl (C=O) groups is 1. The van der Waals surface area contributed by atoms with E-state index < -0.39 is 14.2 Å². The van der Waals surface area contributed by atoms with Crippen molar-refractivity contribution >= 4 is 47.0 Å². The van der Waals surface area contributed by atoms with Crippen LogP contribution in [0.1, 0.15) is 84.0 Å². The summed E-state index contributed by atoms with van der Waals surface area (Å²) in [5, 5.41) is 0. The summed E-state index contributed by atoms with van der Waals surface area (Å²) in [5.74, 6) is 3.50. The molecule has 0 radical (unpaired) electrons. The summed E-state index contributed by atoms with van der Waals surface area (Å²) in [6.45, 7) is 2.91. The van der Waals surface area contributed by atoms with Crippen molar-refractivity contribution in [3.8, 4) is 0 Å². The van der Waals surface area contributed by atoms with Crippen molar-refractivity contribution in [1.82, 2.24) is 0 Å². The van der Waals surface area contributed by atoms with Gasteiger partial charge in [-0.25, -0.2) is 0 Å². The third-order valence-corrected chi connectivity index (χ3v) is 41.5. The molecule has 3 rings (SSSR count). The van der Waals surface area contributed by atoms with Crippen LogP contribution in [-0.4, -0.2) is 44.1 Å². The van der Waals surface area contributed by atoms with Crippen molar-refractivity contribution in [2.75, 3.05) is 23.9 Å². The molecule has 2 bridgehead atoms. The molecule has 2 nitrogen and oxygen atoms in total. The number of ether oxygens (including phenoxy) is 1. The number of hydrogen-bond donors (Lipinski definition) is 0. The number of unbranched alkanes of at least 4 members (excludes halogenated alkanes) is 8. The van der Waals surface area contributed by atoms with Gasteiger partial charge in [-0.05, 0) is 0 Å². The van der Waals surface area contributed by atoms with E-state index in [1.165, 1.54) is 69.3 Å². The molecule has 0 aliphatic carbocycles. The molecule has 0 unspecified atom stereocenters. The molecule has 3 saturated heterocycles. The fraction of sp³-hybridized carbons (Fsp3) is 0.950. The Labute approximate surface area is 173 Å². The molecule has 0 amide bonds. The first kappa shape index (κ1) is 23.6. The summed E-state index contributed by atoms with van der Waals surface area (Å²) in [6, 6.07) is 0. The van der Waals surface area contributed by atoms with Gasteiger partial charge in [0.1, 0.15) is 0 Å². The first-order chi connectivity index (χ1) is 12.6. The van der Waals surface area contributed by atoms with Gasteiger partial charge in [0.15, 0.2) is 0 Å². The van der Waals surface area contributed by atoms with Crippen LogP contribution in [0.2, 0.25) is 4.94 Å². The standard InChI is InChI=1S/C19H38O2S3.CH3.Sn/c1-2-3-4-5-6-7-8-9-10-11-19(12-15-22,13-16-23)18(20)21-14-17-24;;/h22-24H,2-17H2,1H3;1H3;/q;;+3/p-3. The number of esters is 1. The Morgan fingerprint density at radius 1 is 0.885 bits per heavy atom. The molecular weight excluding hydrogens is 487 g/mol. The van der Waals surface area contributed by atoms with E-state index >= 15 is 0 Å². The zero-order chi connectivity index (χ0) is 18.7. The average molecular weight is 525 g/mol.